The monoisotopic (exact) mass is 558 g/mol. The van der Waals surface area contributed by atoms with Crippen molar-refractivity contribution in [1.82, 2.24) is 24.6 Å². The van der Waals surface area contributed by atoms with Crippen molar-refractivity contribution in [2.45, 2.75) is 75.8 Å². The predicted octanol–water partition coefficient (Wildman–Crippen LogP) is 2.94. The molecule has 204 valence electrons. The number of nitrogen functional groups attached to an aromatic ring is 1. The van der Waals surface area contributed by atoms with E-state index in [4.69, 9.17) is 40.6 Å². The Hall–Kier alpha value is -2.02. The highest BCUT2D eigenvalue weighted by molar-refractivity contribution is 7.51. The number of nitrogens with one attached hydrogen (secondary N) is 1. The molecule has 1 saturated carbocycles. The van der Waals surface area contributed by atoms with Crippen molar-refractivity contribution in [1.29, 1.82) is 0 Å². The highest BCUT2D eigenvalue weighted by atomic mass is 35.5. The lowest BCUT2D eigenvalue weighted by atomic mass is 10.0. The molecule has 15 heteroatoms. The van der Waals surface area contributed by atoms with Gasteiger partial charge in [0.25, 0.3) is 0 Å². The van der Waals surface area contributed by atoms with Gasteiger partial charge in [-0.05, 0) is 33.6 Å². The van der Waals surface area contributed by atoms with Gasteiger partial charge in [-0.1, -0.05) is 12.8 Å². The lowest BCUT2D eigenvalue weighted by molar-refractivity contribution is -0.148. The Bertz CT molecular complexity index is 1210. The van der Waals surface area contributed by atoms with Crippen molar-refractivity contribution in [2.24, 2.45) is 5.92 Å². The fraction of sp³-hybridized carbons (Fsp3) is 0.727. The van der Waals surface area contributed by atoms with Gasteiger partial charge < -0.3 is 19.9 Å². The number of nitrogens with two attached hydrogens (primary N) is 1. The molecule has 0 aromatic carbocycles. The zero-order chi connectivity index (χ0) is 26.4. The van der Waals surface area contributed by atoms with Crippen LogP contribution in [-0.4, -0.2) is 68.4 Å². The maximum Gasteiger partial charge on any atom is 0.406 e. The molecule has 3 fully saturated rings. The molecule has 0 unspecified atom stereocenters. The number of ether oxygens (including phenoxy) is 3. The van der Waals surface area contributed by atoms with Crippen LogP contribution in [0.5, 0.6) is 5.88 Å². The first kappa shape index (κ1) is 26.6. The molecular weight excluding hydrogens is 527 g/mol. The van der Waals surface area contributed by atoms with Crippen LogP contribution in [0.3, 0.4) is 0 Å². The standard InChI is InChI=1S/C22H32ClN6O7P/c1-4-32-18-15-17(26-21(24)27-18)29(11-25-15)20-22(3,23)16-14(35-20)10-34-37(31,36-16)28-12(2)9-33-19(30)13-7-5-6-8-13/h11-14,16,20H,4-10H2,1-3H3,(H,28,31)(H2,24,26,27)/t12-,14-,16-,20-,22-,37+/m1/s1. The molecule has 6 atom stereocenters. The molecular formula is C22H32ClN6O7P. The van der Waals surface area contributed by atoms with Crippen molar-refractivity contribution in [3.8, 4) is 5.88 Å². The van der Waals surface area contributed by atoms with E-state index in [1.165, 1.54) is 6.33 Å². The smallest absolute Gasteiger partial charge is 0.406 e. The van der Waals surface area contributed by atoms with Crippen LogP contribution < -0.4 is 15.6 Å². The number of carbonyl (C=O) groups is 1. The molecule has 0 amide bonds. The Morgan fingerprint density at radius 1 is 1.41 bits per heavy atom. The van der Waals surface area contributed by atoms with Crippen LogP contribution in [-0.2, 0) is 27.9 Å². The quantitative estimate of drug-likeness (QED) is 0.277. The van der Waals surface area contributed by atoms with Gasteiger partial charge in [-0.15, -0.1) is 11.6 Å². The van der Waals surface area contributed by atoms with E-state index in [0.29, 0.717) is 17.8 Å². The highest BCUT2D eigenvalue weighted by Gasteiger charge is 2.60. The van der Waals surface area contributed by atoms with E-state index in [1.807, 2.05) is 6.92 Å². The first-order valence-corrected chi connectivity index (χ1v) is 14.4. The number of aromatic nitrogens is 4. The Labute approximate surface area is 219 Å². The minimum absolute atomic E-state index is 0.0142. The van der Waals surface area contributed by atoms with Crippen molar-refractivity contribution >= 4 is 42.4 Å². The van der Waals surface area contributed by atoms with Crippen LogP contribution in [0.2, 0.25) is 0 Å². The number of anilines is 1. The second-order valence-electron chi connectivity index (χ2n) is 9.78. The molecule has 37 heavy (non-hydrogen) atoms. The number of hydrogen-bond acceptors (Lipinski definition) is 11. The maximum atomic E-state index is 13.5. The number of imidazole rings is 1. The number of fused-ring (bicyclic) bond motifs is 2. The lowest BCUT2D eigenvalue weighted by Gasteiger charge is -2.36. The van der Waals surface area contributed by atoms with Crippen molar-refractivity contribution < 1.29 is 32.6 Å². The summed E-state index contributed by atoms with van der Waals surface area (Å²) in [5, 5.41) is 2.85. The van der Waals surface area contributed by atoms with Crippen LogP contribution >= 0.6 is 19.3 Å². The summed E-state index contributed by atoms with van der Waals surface area (Å²) in [6.07, 6.45) is 3.11. The summed E-state index contributed by atoms with van der Waals surface area (Å²) in [5.74, 6) is -0.00774. The number of esters is 1. The average molecular weight is 559 g/mol. The van der Waals surface area contributed by atoms with Crippen LogP contribution in [0.15, 0.2) is 6.33 Å². The molecule has 5 rings (SSSR count). The van der Waals surface area contributed by atoms with Gasteiger partial charge in [-0.2, -0.15) is 9.97 Å². The minimum Gasteiger partial charge on any atom is -0.476 e. The lowest BCUT2D eigenvalue weighted by Crippen LogP contribution is -2.46. The van der Waals surface area contributed by atoms with Crippen LogP contribution in [0.1, 0.15) is 52.7 Å². The summed E-state index contributed by atoms with van der Waals surface area (Å²) < 4.78 is 43.8. The van der Waals surface area contributed by atoms with E-state index in [-0.39, 0.29) is 36.9 Å². The fourth-order valence-corrected chi connectivity index (χ4v) is 7.25. The van der Waals surface area contributed by atoms with Gasteiger partial charge in [0.05, 0.1) is 25.5 Å². The SMILES string of the molecule is CCOc1nc(N)nc2c1ncn2[C@@H]1O[C@@H]2CO[P@@](=O)(N[C@H](C)COC(=O)C3CCCC3)O[C@H]2[C@@]1(C)Cl. The number of alkyl halides is 1. The van der Waals surface area contributed by atoms with Gasteiger partial charge in [0.1, 0.15) is 23.7 Å². The molecule has 3 N–H and O–H groups in total. The Kier molecular flexibility index (Phi) is 7.38. The van der Waals surface area contributed by atoms with Crippen LogP contribution in [0, 0.1) is 5.92 Å². The summed E-state index contributed by atoms with van der Waals surface area (Å²) in [4.78, 5) is 23.8. The Balaban J connectivity index is 1.29. The number of hydrogen-bond donors (Lipinski definition) is 2. The third-order valence-corrected chi connectivity index (χ3v) is 8.98. The number of rotatable bonds is 8. The van der Waals surface area contributed by atoms with Crippen LogP contribution in [0.4, 0.5) is 5.95 Å². The van der Waals surface area contributed by atoms with E-state index >= 15 is 0 Å². The first-order valence-electron chi connectivity index (χ1n) is 12.5. The number of nitrogens with zero attached hydrogens (tertiary/aromatic N) is 4. The van der Waals surface area contributed by atoms with Gasteiger partial charge in [0.15, 0.2) is 17.4 Å². The van der Waals surface area contributed by atoms with Gasteiger partial charge in [0, 0.05) is 6.04 Å². The zero-order valence-electron chi connectivity index (χ0n) is 21.0. The molecule has 0 bridgehead atoms. The summed E-state index contributed by atoms with van der Waals surface area (Å²) >= 11 is 7.00. The van der Waals surface area contributed by atoms with Crippen molar-refractivity contribution in [3.05, 3.63) is 6.33 Å². The van der Waals surface area contributed by atoms with E-state index in [9.17, 15) is 9.36 Å². The van der Waals surface area contributed by atoms with Gasteiger partial charge in [-0.25, -0.2) is 14.6 Å². The molecule has 1 aliphatic carbocycles. The van der Waals surface area contributed by atoms with Gasteiger partial charge in [-0.3, -0.25) is 18.4 Å². The number of carbonyl (C=O) groups excluding carboxylic acids is 1. The second kappa shape index (κ2) is 10.3. The second-order valence-corrected chi connectivity index (χ2v) is 12.3. The maximum absolute atomic E-state index is 13.5. The van der Waals surface area contributed by atoms with Gasteiger partial charge in [0.2, 0.25) is 11.8 Å². The summed E-state index contributed by atoms with van der Waals surface area (Å²) in [6.45, 7) is 5.70. The topological polar surface area (TPSA) is 162 Å². The molecule has 3 aliphatic rings. The van der Waals surface area contributed by atoms with E-state index in [0.717, 1.165) is 25.7 Å². The summed E-state index contributed by atoms with van der Waals surface area (Å²) in [5.41, 5.74) is 6.68. The molecule has 2 aliphatic heterocycles. The molecule has 2 aromatic heterocycles. The highest BCUT2D eigenvalue weighted by Crippen LogP contribution is 2.57. The predicted molar refractivity (Wildman–Crippen MR) is 133 cm³/mol. The first-order chi connectivity index (χ1) is 17.6. The van der Waals surface area contributed by atoms with Crippen LogP contribution in [0.25, 0.3) is 11.2 Å². The molecule has 0 spiro atoms. The van der Waals surface area contributed by atoms with Crippen molar-refractivity contribution in [2.75, 3.05) is 25.6 Å². The molecule has 2 aromatic rings. The summed E-state index contributed by atoms with van der Waals surface area (Å²) in [6, 6.07) is -0.471. The van der Waals surface area contributed by atoms with Crippen molar-refractivity contribution in [3.63, 3.8) is 0 Å². The average Bonchev–Trinajstić information content (AvgIpc) is 3.57. The third-order valence-electron chi connectivity index (χ3n) is 6.82. The van der Waals surface area contributed by atoms with E-state index in [2.05, 4.69) is 20.0 Å². The molecule has 13 nitrogen and oxygen atoms in total. The summed E-state index contributed by atoms with van der Waals surface area (Å²) in [7, 11) is -3.78. The van der Waals surface area contributed by atoms with E-state index in [1.54, 1.807) is 18.4 Å². The molecule has 0 radical (unpaired) electrons. The fourth-order valence-electron chi connectivity index (χ4n) is 5.04. The van der Waals surface area contributed by atoms with Gasteiger partial charge >= 0.3 is 13.7 Å². The largest absolute Gasteiger partial charge is 0.476 e. The van der Waals surface area contributed by atoms with E-state index < -0.39 is 37.1 Å². The Morgan fingerprint density at radius 3 is 2.89 bits per heavy atom. The zero-order valence-corrected chi connectivity index (χ0v) is 22.6. The molecule has 2 saturated heterocycles. The minimum atomic E-state index is -3.78. The molecule has 4 heterocycles. The number of halogens is 1. The normalized spacial score (nSPS) is 32.9. The third kappa shape index (κ3) is 5.17. The Morgan fingerprint density at radius 2 is 2.16 bits per heavy atom.